The summed E-state index contributed by atoms with van der Waals surface area (Å²) in [4.78, 5) is 12.8. The molecule has 0 heterocycles. The molecule has 4 heteroatoms. The highest BCUT2D eigenvalue weighted by molar-refractivity contribution is 7.98. The molecule has 1 aromatic carbocycles. The predicted octanol–water partition coefficient (Wildman–Crippen LogP) is 1.75. The zero-order chi connectivity index (χ0) is 11.8. The van der Waals surface area contributed by atoms with E-state index >= 15 is 0 Å². The fourth-order valence-electron chi connectivity index (χ4n) is 1.31. The average Bonchev–Trinajstić information content (AvgIpc) is 2.34. The molecule has 2 N–H and O–H groups in total. The molecule has 0 saturated carbocycles. The summed E-state index contributed by atoms with van der Waals surface area (Å²) in [6.07, 6.45) is 2.97. The van der Waals surface area contributed by atoms with Gasteiger partial charge in [-0.3, -0.25) is 4.79 Å². The standard InChI is InChI=1S/C12H18N2OS/c1-13-8-3-9-14-12(15)10-4-6-11(16-2)7-5-10/h4-7,13H,3,8-9H2,1-2H3,(H,14,15). The number of thioether (sulfide) groups is 1. The summed E-state index contributed by atoms with van der Waals surface area (Å²) in [5.41, 5.74) is 0.724. The van der Waals surface area contributed by atoms with Crippen LogP contribution in [0.5, 0.6) is 0 Å². The lowest BCUT2D eigenvalue weighted by atomic mass is 10.2. The maximum absolute atomic E-state index is 11.7. The normalized spacial score (nSPS) is 10.1. The number of carbonyl (C=O) groups excluding carboxylic acids is 1. The molecule has 1 rings (SSSR count). The molecule has 0 bridgehead atoms. The minimum absolute atomic E-state index is 0.00348. The minimum atomic E-state index is 0.00348. The molecule has 0 saturated heterocycles. The predicted molar refractivity (Wildman–Crippen MR) is 69.1 cm³/mol. The highest BCUT2D eigenvalue weighted by Gasteiger charge is 2.03. The van der Waals surface area contributed by atoms with Gasteiger partial charge in [0.1, 0.15) is 0 Å². The molecule has 0 aliphatic heterocycles. The number of nitrogens with one attached hydrogen (secondary N) is 2. The Bertz CT molecular complexity index is 324. The zero-order valence-corrected chi connectivity index (χ0v) is 10.6. The van der Waals surface area contributed by atoms with Crippen molar-refractivity contribution < 1.29 is 4.79 Å². The fraction of sp³-hybridized carbons (Fsp3) is 0.417. The first-order valence-electron chi connectivity index (χ1n) is 5.34. The van der Waals surface area contributed by atoms with Gasteiger partial charge in [0, 0.05) is 17.0 Å². The lowest BCUT2D eigenvalue weighted by Crippen LogP contribution is -2.26. The molecule has 0 atom stereocenters. The van der Waals surface area contributed by atoms with Crippen LogP contribution in [0.15, 0.2) is 29.2 Å². The van der Waals surface area contributed by atoms with Crippen molar-refractivity contribution in [2.45, 2.75) is 11.3 Å². The van der Waals surface area contributed by atoms with E-state index in [0.29, 0.717) is 6.54 Å². The third kappa shape index (κ3) is 4.24. The lowest BCUT2D eigenvalue weighted by Gasteiger charge is -2.05. The second kappa shape index (κ2) is 7.30. The third-order valence-corrected chi connectivity index (χ3v) is 2.98. The molecule has 0 unspecified atom stereocenters. The molecule has 0 aromatic heterocycles. The molecule has 0 aliphatic rings. The molecule has 0 fully saturated rings. The molecular weight excluding hydrogens is 220 g/mol. The maximum Gasteiger partial charge on any atom is 0.251 e. The van der Waals surface area contributed by atoms with Crippen molar-refractivity contribution in [3.8, 4) is 0 Å². The van der Waals surface area contributed by atoms with Crippen LogP contribution < -0.4 is 10.6 Å². The van der Waals surface area contributed by atoms with E-state index in [0.717, 1.165) is 18.5 Å². The zero-order valence-electron chi connectivity index (χ0n) is 9.75. The minimum Gasteiger partial charge on any atom is -0.352 e. The van der Waals surface area contributed by atoms with Crippen LogP contribution in [0.1, 0.15) is 16.8 Å². The van der Waals surface area contributed by atoms with Gasteiger partial charge < -0.3 is 10.6 Å². The summed E-state index contributed by atoms with van der Waals surface area (Å²) >= 11 is 1.67. The second-order valence-electron chi connectivity index (χ2n) is 3.44. The van der Waals surface area contributed by atoms with Crippen LogP contribution in [0, 0.1) is 0 Å². The second-order valence-corrected chi connectivity index (χ2v) is 4.32. The average molecular weight is 238 g/mol. The summed E-state index contributed by atoms with van der Waals surface area (Å²) in [6.45, 7) is 1.63. The maximum atomic E-state index is 11.7. The lowest BCUT2D eigenvalue weighted by molar-refractivity contribution is 0.0953. The van der Waals surface area contributed by atoms with Gasteiger partial charge in [-0.1, -0.05) is 0 Å². The van der Waals surface area contributed by atoms with E-state index in [2.05, 4.69) is 10.6 Å². The van der Waals surface area contributed by atoms with Crippen LogP contribution in [-0.2, 0) is 0 Å². The Hall–Kier alpha value is -1.00. The first kappa shape index (κ1) is 13.1. The SMILES string of the molecule is CNCCCNC(=O)c1ccc(SC)cc1. The number of hydrogen-bond donors (Lipinski definition) is 2. The van der Waals surface area contributed by atoms with Crippen molar-refractivity contribution >= 4 is 17.7 Å². The van der Waals surface area contributed by atoms with Crippen molar-refractivity contribution in [1.82, 2.24) is 10.6 Å². The number of carbonyl (C=O) groups is 1. The summed E-state index contributed by atoms with van der Waals surface area (Å²) < 4.78 is 0. The molecule has 3 nitrogen and oxygen atoms in total. The number of benzene rings is 1. The molecular formula is C12H18N2OS. The topological polar surface area (TPSA) is 41.1 Å². The van der Waals surface area contributed by atoms with E-state index in [1.165, 1.54) is 4.90 Å². The smallest absolute Gasteiger partial charge is 0.251 e. The van der Waals surface area contributed by atoms with Gasteiger partial charge in [-0.05, 0) is 50.5 Å². The first-order valence-corrected chi connectivity index (χ1v) is 6.57. The Morgan fingerprint density at radius 1 is 1.25 bits per heavy atom. The largest absolute Gasteiger partial charge is 0.352 e. The molecule has 88 valence electrons. The van der Waals surface area contributed by atoms with Crippen LogP contribution in [0.25, 0.3) is 0 Å². The Labute approximate surface area is 101 Å². The number of rotatable bonds is 6. The van der Waals surface area contributed by atoms with Crippen LogP contribution >= 0.6 is 11.8 Å². The third-order valence-electron chi connectivity index (χ3n) is 2.24. The first-order chi connectivity index (χ1) is 7.77. The summed E-state index contributed by atoms with van der Waals surface area (Å²) in [6, 6.07) is 7.65. The quantitative estimate of drug-likeness (QED) is 0.586. The summed E-state index contributed by atoms with van der Waals surface area (Å²) in [7, 11) is 1.91. The highest BCUT2D eigenvalue weighted by Crippen LogP contribution is 2.14. The van der Waals surface area contributed by atoms with Gasteiger partial charge in [-0.15, -0.1) is 11.8 Å². The van der Waals surface area contributed by atoms with Gasteiger partial charge in [-0.2, -0.15) is 0 Å². The van der Waals surface area contributed by atoms with E-state index in [1.807, 2.05) is 37.6 Å². The van der Waals surface area contributed by atoms with Crippen molar-refractivity contribution in [2.75, 3.05) is 26.4 Å². The molecule has 1 amide bonds. The molecule has 0 radical (unpaired) electrons. The van der Waals surface area contributed by atoms with Crippen molar-refractivity contribution in [3.63, 3.8) is 0 Å². The molecule has 0 aliphatic carbocycles. The van der Waals surface area contributed by atoms with Gasteiger partial charge in [0.05, 0.1) is 0 Å². The highest BCUT2D eigenvalue weighted by atomic mass is 32.2. The van der Waals surface area contributed by atoms with E-state index in [1.54, 1.807) is 11.8 Å². The Morgan fingerprint density at radius 3 is 2.50 bits per heavy atom. The monoisotopic (exact) mass is 238 g/mol. The number of amides is 1. The Balaban J connectivity index is 2.40. The van der Waals surface area contributed by atoms with Crippen LogP contribution in [0.4, 0.5) is 0 Å². The molecule has 0 spiro atoms. The Kier molecular flexibility index (Phi) is 5.96. The van der Waals surface area contributed by atoms with E-state index < -0.39 is 0 Å². The van der Waals surface area contributed by atoms with Gasteiger partial charge in [0.25, 0.3) is 5.91 Å². The van der Waals surface area contributed by atoms with E-state index in [-0.39, 0.29) is 5.91 Å². The molecule has 16 heavy (non-hydrogen) atoms. The van der Waals surface area contributed by atoms with E-state index in [9.17, 15) is 4.79 Å². The van der Waals surface area contributed by atoms with E-state index in [4.69, 9.17) is 0 Å². The summed E-state index contributed by atoms with van der Waals surface area (Å²) in [5, 5.41) is 5.93. The van der Waals surface area contributed by atoms with Crippen LogP contribution in [0.3, 0.4) is 0 Å². The summed E-state index contributed by atoms with van der Waals surface area (Å²) in [5.74, 6) is 0.00348. The Morgan fingerprint density at radius 2 is 1.94 bits per heavy atom. The fourth-order valence-corrected chi connectivity index (χ4v) is 1.72. The van der Waals surface area contributed by atoms with Crippen LogP contribution in [0.2, 0.25) is 0 Å². The van der Waals surface area contributed by atoms with Crippen molar-refractivity contribution in [1.29, 1.82) is 0 Å². The van der Waals surface area contributed by atoms with Crippen LogP contribution in [-0.4, -0.2) is 32.3 Å². The van der Waals surface area contributed by atoms with Crippen molar-refractivity contribution in [3.05, 3.63) is 29.8 Å². The van der Waals surface area contributed by atoms with Gasteiger partial charge in [0.15, 0.2) is 0 Å². The van der Waals surface area contributed by atoms with Gasteiger partial charge >= 0.3 is 0 Å². The van der Waals surface area contributed by atoms with Gasteiger partial charge in [-0.25, -0.2) is 0 Å². The van der Waals surface area contributed by atoms with Gasteiger partial charge in [0.2, 0.25) is 0 Å². The van der Waals surface area contributed by atoms with Crippen molar-refractivity contribution in [2.24, 2.45) is 0 Å². The molecule has 1 aromatic rings. The number of hydrogen-bond acceptors (Lipinski definition) is 3.